The van der Waals surface area contributed by atoms with Crippen LogP contribution in [0.25, 0.3) is 11.3 Å². The minimum absolute atomic E-state index is 0.509. The standard InChI is InChI=1S/C16H19NO2/c1-4-14(16(18)19)17-10-12(3)9-15(17)13-7-5-11(2)6-8-13/h5-10,14H,4H2,1-3H3,(H,18,19). The molecule has 0 fully saturated rings. The number of hydrogen-bond acceptors (Lipinski definition) is 1. The van der Waals surface area contributed by atoms with Crippen LogP contribution in [0.15, 0.2) is 36.5 Å². The summed E-state index contributed by atoms with van der Waals surface area (Å²) in [5.41, 5.74) is 4.30. The average Bonchev–Trinajstić information content (AvgIpc) is 2.72. The maximum Gasteiger partial charge on any atom is 0.326 e. The first-order valence-electron chi connectivity index (χ1n) is 6.51. The number of aryl methyl sites for hydroxylation is 2. The smallest absolute Gasteiger partial charge is 0.326 e. The van der Waals surface area contributed by atoms with Crippen molar-refractivity contribution in [3.8, 4) is 11.3 Å². The largest absolute Gasteiger partial charge is 0.480 e. The Hall–Kier alpha value is -2.03. The van der Waals surface area contributed by atoms with E-state index in [9.17, 15) is 9.90 Å². The number of carbonyl (C=O) groups is 1. The summed E-state index contributed by atoms with van der Waals surface area (Å²) in [4.78, 5) is 11.4. The second-order valence-corrected chi connectivity index (χ2v) is 4.94. The molecule has 1 aromatic heterocycles. The lowest BCUT2D eigenvalue weighted by molar-refractivity contribution is -0.140. The molecule has 0 bridgehead atoms. The molecule has 2 aromatic rings. The Morgan fingerprint density at radius 2 is 1.84 bits per heavy atom. The summed E-state index contributed by atoms with van der Waals surface area (Å²) in [6, 6.07) is 9.69. The third kappa shape index (κ3) is 2.70. The summed E-state index contributed by atoms with van der Waals surface area (Å²) >= 11 is 0. The molecule has 0 aliphatic heterocycles. The fourth-order valence-corrected chi connectivity index (χ4v) is 2.32. The molecule has 1 N–H and O–H groups in total. The number of rotatable bonds is 4. The van der Waals surface area contributed by atoms with Crippen molar-refractivity contribution in [3.63, 3.8) is 0 Å². The third-order valence-corrected chi connectivity index (χ3v) is 3.34. The van der Waals surface area contributed by atoms with Gasteiger partial charge in [-0.05, 0) is 37.5 Å². The number of benzene rings is 1. The first-order chi connectivity index (χ1) is 9.02. The Morgan fingerprint density at radius 1 is 1.21 bits per heavy atom. The van der Waals surface area contributed by atoms with Gasteiger partial charge in [-0.15, -0.1) is 0 Å². The van der Waals surface area contributed by atoms with Crippen LogP contribution in [0.5, 0.6) is 0 Å². The molecule has 1 unspecified atom stereocenters. The minimum atomic E-state index is -0.786. The Bertz CT molecular complexity index is 581. The molecule has 0 amide bonds. The van der Waals surface area contributed by atoms with E-state index in [-0.39, 0.29) is 0 Å². The first kappa shape index (κ1) is 13.4. The molecule has 0 radical (unpaired) electrons. The fourth-order valence-electron chi connectivity index (χ4n) is 2.32. The van der Waals surface area contributed by atoms with Crippen molar-refractivity contribution in [1.82, 2.24) is 4.57 Å². The maximum atomic E-state index is 11.4. The zero-order valence-electron chi connectivity index (χ0n) is 11.6. The van der Waals surface area contributed by atoms with Gasteiger partial charge in [0.2, 0.25) is 0 Å². The van der Waals surface area contributed by atoms with Crippen molar-refractivity contribution in [3.05, 3.63) is 47.7 Å². The quantitative estimate of drug-likeness (QED) is 0.905. The SMILES string of the molecule is CCC(C(=O)O)n1cc(C)cc1-c1ccc(C)cc1. The van der Waals surface area contributed by atoms with Crippen LogP contribution >= 0.6 is 0 Å². The van der Waals surface area contributed by atoms with Crippen LogP contribution in [0.3, 0.4) is 0 Å². The molecule has 19 heavy (non-hydrogen) atoms. The monoisotopic (exact) mass is 257 g/mol. The molecule has 1 aromatic carbocycles. The van der Waals surface area contributed by atoms with Gasteiger partial charge in [0.25, 0.3) is 0 Å². The first-order valence-corrected chi connectivity index (χ1v) is 6.51. The second-order valence-electron chi connectivity index (χ2n) is 4.94. The van der Waals surface area contributed by atoms with Crippen molar-refractivity contribution in [2.45, 2.75) is 33.2 Å². The van der Waals surface area contributed by atoms with E-state index >= 15 is 0 Å². The van der Waals surface area contributed by atoms with Crippen LogP contribution in [0.4, 0.5) is 0 Å². The van der Waals surface area contributed by atoms with E-state index in [1.54, 1.807) is 0 Å². The zero-order chi connectivity index (χ0) is 14.0. The molecule has 0 saturated heterocycles. The highest BCUT2D eigenvalue weighted by Gasteiger charge is 2.20. The fraction of sp³-hybridized carbons (Fsp3) is 0.312. The van der Waals surface area contributed by atoms with Gasteiger partial charge in [-0.2, -0.15) is 0 Å². The predicted molar refractivity (Wildman–Crippen MR) is 76.3 cm³/mol. The molecule has 3 heteroatoms. The number of carboxylic acids is 1. The highest BCUT2D eigenvalue weighted by Crippen LogP contribution is 2.27. The summed E-state index contributed by atoms with van der Waals surface area (Å²) in [6.07, 6.45) is 2.49. The van der Waals surface area contributed by atoms with Gasteiger partial charge in [0, 0.05) is 11.9 Å². The van der Waals surface area contributed by atoms with Crippen LogP contribution in [0.2, 0.25) is 0 Å². The number of nitrogens with zero attached hydrogens (tertiary/aromatic N) is 1. The van der Waals surface area contributed by atoms with Crippen LogP contribution < -0.4 is 0 Å². The number of aromatic nitrogens is 1. The van der Waals surface area contributed by atoms with E-state index in [1.165, 1.54) is 5.56 Å². The van der Waals surface area contributed by atoms with Crippen LogP contribution in [0, 0.1) is 13.8 Å². The lowest BCUT2D eigenvalue weighted by atomic mass is 10.1. The number of aliphatic carboxylic acids is 1. The predicted octanol–water partition coefficient (Wildman–Crippen LogP) is 3.81. The molecule has 3 nitrogen and oxygen atoms in total. The lowest BCUT2D eigenvalue weighted by Crippen LogP contribution is -2.18. The highest BCUT2D eigenvalue weighted by molar-refractivity contribution is 5.74. The Balaban J connectivity index is 2.51. The van der Waals surface area contributed by atoms with Gasteiger partial charge in [-0.1, -0.05) is 36.8 Å². The molecule has 0 spiro atoms. The maximum absolute atomic E-state index is 11.4. The van der Waals surface area contributed by atoms with Crippen molar-refractivity contribution >= 4 is 5.97 Å². The Labute approximate surface area is 113 Å². The summed E-state index contributed by atoms with van der Waals surface area (Å²) < 4.78 is 1.86. The molecule has 100 valence electrons. The Kier molecular flexibility index (Phi) is 3.74. The highest BCUT2D eigenvalue weighted by atomic mass is 16.4. The van der Waals surface area contributed by atoms with E-state index in [1.807, 2.05) is 61.9 Å². The summed E-state index contributed by atoms with van der Waals surface area (Å²) in [5.74, 6) is -0.786. The number of hydrogen-bond donors (Lipinski definition) is 1. The Morgan fingerprint density at radius 3 is 2.37 bits per heavy atom. The van der Waals surface area contributed by atoms with Gasteiger partial charge in [0.15, 0.2) is 0 Å². The van der Waals surface area contributed by atoms with Crippen molar-refractivity contribution in [2.75, 3.05) is 0 Å². The number of carboxylic acid groups (broad SMARTS) is 1. The van der Waals surface area contributed by atoms with Crippen molar-refractivity contribution in [1.29, 1.82) is 0 Å². The average molecular weight is 257 g/mol. The molecular formula is C16H19NO2. The molecule has 1 atom stereocenters. The van der Waals surface area contributed by atoms with Crippen molar-refractivity contribution in [2.24, 2.45) is 0 Å². The topological polar surface area (TPSA) is 42.2 Å². The van der Waals surface area contributed by atoms with Gasteiger partial charge < -0.3 is 9.67 Å². The molecular weight excluding hydrogens is 238 g/mol. The molecule has 0 aliphatic carbocycles. The zero-order valence-corrected chi connectivity index (χ0v) is 11.6. The minimum Gasteiger partial charge on any atom is -0.480 e. The second kappa shape index (κ2) is 5.31. The summed E-state index contributed by atoms with van der Waals surface area (Å²) in [7, 11) is 0. The molecule has 1 heterocycles. The van der Waals surface area contributed by atoms with Crippen molar-refractivity contribution < 1.29 is 9.90 Å². The molecule has 0 aliphatic rings. The van der Waals surface area contributed by atoms with Crippen LogP contribution in [-0.4, -0.2) is 15.6 Å². The van der Waals surface area contributed by atoms with Gasteiger partial charge in [0.1, 0.15) is 6.04 Å². The van der Waals surface area contributed by atoms with E-state index in [2.05, 4.69) is 0 Å². The summed E-state index contributed by atoms with van der Waals surface area (Å²) in [6.45, 7) is 5.93. The van der Waals surface area contributed by atoms with Gasteiger partial charge in [-0.3, -0.25) is 0 Å². The normalized spacial score (nSPS) is 12.4. The van der Waals surface area contributed by atoms with Gasteiger partial charge in [0.05, 0.1) is 0 Å². The summed E-state index contributed by atoms with van der Waals surface area (Å²) in [5, 5.41) is 9.33. The van der Waals surface area contributed by atoms with Gasteiger partial charge in [-0.25, -0.2) is 4.79 Å². The molecule has 0 saturated carbocycles. The van der Waals surface area contributed by atoms with E-state index < -0.39 is 12.0 Å². The van der Waals surface area contributed by atoms with E-state index in [4.69, 9.17) is 0 Å². The molecule has 2 rings (SSSR count). The van der Waals surface area contributed by atoms with Crippen LogP contribution in [-0.2, 0) is 4.79 Å². The third-order valence-electron chi connectivity index (χ3n) is 3.34. The lowest BCUT2D eigenvalue weighted by Gasteiger charge is -2.16. The van der Waals surface area contributed by atoms with E-state index in [0.29, 0.717) is 6.42 Å². The van der Waals surface area contributed by atoms with Gasteiger partial charge >= 0.3 is 5.97 Å². The van der Waals surface area contributed by atoms with E-state index in [0.717, 1.165) is 16.8 Å². The van der Waals surface area contributed by atoms with Crippen LogP contribution in [0.1, 0.15) is 30.5 Å².